The number of amides is 1. The molecule has 27 heavy (non-hydrogen) atoms. The quantitative estimate of drug-likeness (QED) is 0.739. The maximum Gasteiger partial charge on any atom is 0.307 e. The third-order valence-corrected chi connectivity index (χ3v) is 6.52. The standard InChI is InChI=1S/C20H28N4O3/c1-14-15(2)21-13-22-18(14)23-8-10-24(11-9-23)19(26)16-12-17(25)27-20(16)6-4-3-5-7-20/h13,16H,3-12H2,1-2H3/t16-/m0/s1. The predicted octanol–water partition coefficient (Wildman–Crippen LogP) is 2.01. The largest absolute Gasteiger partial charge is 0.458 e. The number of nitrogens with zero attached hydrogens (tertiary/aromatic N) is 4. The highest BCUT2D eigenvalue weighted by Gasteiger charge is 2.53. The molecule has 3 fully saturated rings. The summed E-state index contributed by atoms with van der Waals surface area (Å²) >= 11 is 0. The number of carbonyl (C=O) groups is 2. The van der Waals surface area contributed by atoms with E-state index >= 15 is 0 Å². The maximum atomic E-state index is 13.2. The van der Waals surface area contributed by atoms with Crippen LogP contribution in [0, 0.1) is 19.8 Å². The van der Waals surface area contributed by atoms with Crippen molar-refractivity contribution in [2.24, 2.45) is 5.92 Å². The van der Waals surface area contributed by atoms with Crippen LogP contribution in [0.2, 0.25) is 0 Å². The van der Waals surface area contributed by atoms with Crippen LogP contribution >= 0.6 is 0 Å². The molecule has 0 bridgehead atoms. The number of anilines is 1. The fourth-order valence-electron chi connectivity index (χ4n) is 4.81. The van der Waals surface area contributed by atoms with Crippen LogP contribution in [-0.4, -0.2) is 58.5 Å². The molecule has 2 aliphatic heterocycles. The number of ether oxygens (including phenoxy) is 1. The zero-order valence-corrected chi connectivity index (χ0v) is 16.2. The van der Waals surface area contributed by atoms with Crippen LogP contribution in [0.3, 0.4) is 0 Å². The second kappa shape index (κ2) is 7.09. The molecule has 4 rings (SSSR count). The van der Waals surface area contributed by atoms with E-state index in [1.54, 1.807) is 6.33 Å². The molecule has 0 radical (unpaired) electrons. The lowest BCUT2D eigenvalue weighted by Gasteiger charge is -2.41. The Balaban J connectivity index is 1.44. The van der Waals surface area contributed by atoms with Gasteiger partial charge in [-0.2, -0.15) is 0 Å². The molecular weight excluding hydrogens is 344 g/mol. The molecular formula is C20H28N4O3. The molecule has 1 amide bonds. The molecule has 1 aromatic rings. The number of carbonyl (C=O) groups excluding carboxylic acids is 2. The summed E-state index contributed by atoms with van der Waals surface area (Å²) in [6.45, 7) is 6.83. The van der Waals surface area contributed by atoms with Gasteiger partial charge in [0, 0.05) is 37.4 Å². The lowest BCUT2D eigenvalue weighted by Crippen LogP contribution is -2.54. The lowest BCUT2D eigenvalue weighted by molar-refractivity contribution is -0.155. The van der Waals surface area contributed by atoms with Crippen molar-refractivity contribution in [2.75, 3.05) is 31.1 Å². The number of esters is 1. The highest BCUT2D eigenvalue weighted by molar-refractivity contribution is 5.88. The van der Waals surface area contributed by atoms with Crippen molar-refractivity contribution >= 4 is 17.7 Å². The van der Waals surface area contributed by atoms with E-state index in [2.05, 4.69) is 14.9 Å². The Labute approximate surface area is 160 Å². The summed E-state index contributed by atoms with van der Waals surface area (Å²) in [6, 6.07) is 0. The Kier molecular flexibility index (Phi) is 4.78. The zero-order chi connectivity index (χ0) is 19.0. The second-order valence-electron chi connectivity index (χ2n) is 8.08. The summed E-state index contributed by atoms with van der Waals surface area (Å²) in [5, 5.41) is 0. The van der Waals surface area contributed by atoms with Gasteiger partial charge in [0.15, 0.2) is 0 Å². The molecule has 1 aromatic heterocycles. The van der Waals surface area contributed by atoms with Gasteiger partial charge in [-0.15, -0.1) is 0 Å². The van der Waals surface area contributed by atoms with E-state index < -0.39 is 5.60 Å². The van der Waals surface area contributed by atoms with Crippen molar-refractivity contribution in [1.29, 1.82) is 0 Å². The van der Waals surface area contributed by atoms with Crippen molar-refractivity contribution in [3.63, 3.8) is 0 Å². The second-order valence-corrected chi connectivity index (χ2v) is 8.08. The first kappa shape index (κ1) is 18.2. The smallest absolute Gasteiger partial charge is 0.307 e. The van der Waals surface area contributed by atoms with Crippen LogP contribution in [-0.2, 0) is 14.3 Å². The van der Waals surface area contributed by atoms with Gasteiger partial charge >= 0.3 is 5.97 Å². The zero-order valence-electron chi connectivity index (χ0n) is 16.2. The minimum Gasteiger partial charge on any atom is -0.458 e. The van der Waals surface area contributed by atoms with Crippen LogP contribution in [0.15, 0.2) is 6.33 Å². The van der Waals surface area contributed by atoms with Crippen LogP contribution < -0.4 is 4.90 Å². The summed E-state index contributed by atoms with van der Waals surface area (Å²) in [6.07, 6.45) is 6.74. The molecule has 3 aliphatic rings. The maximum absolute atomic E-state index is 13.2. The number of rotatable bonds is 2. The third kappa shape index (κ3) is 3.28. The Morgan fingerprint density at radius 2 is 1.81 bits per heavy atom. The van der Waals surface area contributed by atoms with Gasteiger partial charge in [0.2, 0.25) is 5.91 Å². The van der Waals surface area contributed by atoms with Crippen molar-refractivity contribution in [1.82, 2.24) is 14.9 Å². The van der Waals surface area contributed by atoms with Crippen molar-refractivity contribution in [3.05, 3.63) is 17.6 Å². The lowest BCUT2D eigenvalue weighted by atomic mass is 9.75. The van der Waals surface area contributed by atoms with Gasteiger partial charge in [0.25, 0.3) is 0 Å². The normalized spacial score (nSPS) is 25.0. The monoisotopic (exact) mass is 372 g/mol. The fraction of sp³-hybridized carbons (Fsp3) is 0.700. The molecule has 1 aliphatic carbocycles. The number of aryl methyl sites for hydroxylation is 1. The SMILES string of the molecule is Cc1ncnc(N2CCN(C(=O)[C@@H]3CC(=O)OC34CCCCC4)CC2)c1C. The molecule has 7 nitrogen and oxygen atoms in total. The average molecular weight is 372 g/mol. The van der Waals surface area contributed by atoms with Crippen molar-refractivity contribution in [2.45, 2.75) is 58.0 Å². The van der Waals surface area contributed by atoms with E-state index in [1.165, 1.54) is 0 Å². The summed E-state index contributed by atoms with van der Waals surface area (Å²) in [7, 11) is 0. The Bertz CT molecular complexity index is 737. The molecule has 7 heteroatoms. The molecule has 0 N–H and O–H groups in total. The van der Waals surface area contributed by atoms with Crippen LogP contribution in [0.4, 0.5) is 5.82 Å². The molecule has 2 saturated heterocycles. The first-order valence-corrected chi connectivity index (χ1v) is 10.0. The minimum absolute atomic E-state index is 0.0954. The van der Waals surface area contributed by atoms with Gasteiger partial charge in [0.05, 0.1) is 12.3 Å². The van der Waals surface area contributed by atoms with E-state index in [0.717, 1.165) is 62.3 Å². The molecule has 3 heterocycles. The average Bonchev–Trinajstić information content (AvgIpc) is 2.99. The first-order valence-electron chi connectivity index (χ1n) is 10.0. The van der Waals surface area contributed by atoms with Crippen molar-refractivity contribution < 1.29 is 14.3 Å². The highest BCUT2D eigenvalue weighted by Crippen LogP contribution is 2.45. The number of piperazine rings is 1. The molecule has 0 aromatic carbocycles. The number of hydrogen-bond donors (Lipinski definition) is 0. The van der Waals surface area contributed by atoms with Gasteiger partial charge in [0.1, 0.15) is 17.7 Å². The van der Waals surface area contributed by atoms with Gasteiger partial charge in [-0.25, -0.2) is 9.97 Å². The van der Waals surface area contributed by atoms with Gasteiger partial charge in [-0.1, -0.05) is 6.42 Å². The Morgan fingerprint density at radius 1 is 1.11 bits per heavy atom. The first-order chi connectivity index (χ1) is 13.0. The summed E-state index contributed by atoms with van der Waals surface area (Å²) in [5.74, 6) is 0.538. The number of hydrogen-bond acceptors (Lipinski definition) is 6. The molecule has 1 saturated carbocycles. The van der Waals surface area contributed by atoms with Crippen LogP contribution in [0.5, 0.6) is 0 Å². The van der Waals surface area contributed by atoms with E-state index in [9.17, 15) is 9.59 Å². The van der Waals surface area contributed by atoms with Crippen LogP contribution in [0.1, 0.15) is 49.8 Å². The Morgan fingerprint density at radius 3 is 2.52 bits per heavy atom. The highest BCUT2D eigenvalue weighted by atomic mass is 16.6. The Hall–Kier alpha value is -2.18. The molecule has 0 unspecified atom stereocenters. The summed E-state index contributed by atoms with van der Waals surface area (Å²) in [4.78, 5) is 38.1. The van der Waals surface area contributed by atoms with Gasteiger partial charge < -0.3 is 14.5 Å². The minimum atomic E-state index is -0.538. The molecule has 1 atom stereocenters. The van der Waals surface area contributed by atoms with Gasteiger partial charge in [-0.05, 0) is 39.5 Å². The van der Waals surface area contributed by atoms with E-state index in [0.29, 0.717) is 13.1 Å². The third-order valence-electron chi connectivity index (χ3n) is 6.52. The van der Waals surface area contributed by atoms with Crippen LogP contribution in [0.25, 0.3) is 0 Å². The molecule has 1 spiro atoms. The predicted molar refractivity (Wildman–Crippen MR) is 100 cm³/mol. The van der Waals surface area contributed by atoms with E-state index in [1.807, 2.05) is 18.7 Å². The van der Waals surface area contributed by atoms with E-state index in [-0.39, 0.29) is 24.2 Å². The molecule has 146 valence electrons. The topological polar surface area (TPSA) is 75.6 Å². The van der Waals surface area contributed by atoms with E-state index in [4.69, 9.17) is 4.74 Å². The fourth-order valence-corrected chi connectivity index (χ4v) is 4.81. The summed E-state index contributed by atoms with van der Waals surface area (Å²) < 4.78 is 5.72. The van der Waals surface area contributed by atoms with Gasteiger partial charge in [-0.3, -0.25) is 9.59 Å². The number of aromatic nitrogens is 2. The summed E-state index contributed by atoms with van der Waals surface area (Å²) in [5.41, 5.74) is 1.54. The van der Waals surface area contributed by atoms with Crippen molar-refractivity contribution in [3.8, 4) is 0 Å².